The highest BCUT2D eigenvalue weighted by atomic mass is 16.5. The molecule has 2 aliphatic rings. The van der Waals surface area contributed by atoms with Crippen LogP contribution in [0.2, 0.25) is 0 Å². The third kappa shape index (κ3) is 1.08. The molecular weight excluding hydrogens is 144 g/mol. The van der Waals surface area contributed by atoms with Gasteiger partial charge in [-0.1, -0.05) is 0 Å². The molecule has 0 amide bonds. The highest BCUT2D eigenvalue weighted by Gasteiger charge is 2.46. The van der Waals surface area contributed by atoms with Gasteiger partial charge in [0.15, 0.2) is 0 Å². The quantitative estimate of drug-likeness (QED) is 0.547. The van der Waals surface area contributed by atoms with Crippen LogP contribution in [0.1, 0.15) is 25.7 Å². The predicted molar refractivity (Wildman–Crippen MR) is 38.2 cm³/mol. The standard InChI is InChI=1S/C8H12O3/c9-6-1-2-8(10)3-4-11-7(8)5-6/h7,10H,1-5H2/t7-,8-/m1/s1. The zero-order valence-electron chi connectivity index (χ0n) is 6.38. The molecule has 1 aliphatic carbocycles. The molecule has 3 heteroatoms. The maximum Gasteiger partial charge on any atom is 0.135 e. The van der Waals surface area contributed by atoms with E-state index >= 15 is 0 Å². The zero-order chi connectivity index (χ0) is 7.90. The maximum atomic E-state index is 11.0. The molecule has 2 atom stereocenters. The first-order valence-corrected chi connectivity index (χ1v) is 4.06. The third-order valence-electron chi connectivity index (χ3n) is 2.70. The van der Waals surface area contributed by atoms with Gasteiger partial charge in [-0.3, -0.25) is 4.79 Å². The van der Waals surface area contributed by atoms with Crippen molar-refractivity contribution in [3.8, 4) is 0 Å². The Labute approximate surface area is 65.4 Å². The molecule has 0 unspecified atom stereocenters. The van der Waals surface area contributed by atoms with Gasteiger partial charge in [-0.05, 0) is 6.42 Å². The normalized spacial score (nSPS) is 44.1. The van der Waals surface area contributed by atoms with Crippen molar-refractivity contribution >= 4 is 5.78 Å². The number of carbonyl (C=O) groups is 1. The molecule has 0 aromatic heterocycles. The van der Waals surface area contributed by atoms with Crippen LogP contribution >= 0.6 is 0 Å². The van der Waals surface area contributed by atoms with Crippen molar-refractivity contribution in [3.05, 3.63) is 0 Å². The van der Waals surface area contributed by atoms with Crippen LogP contribution in [0.4, 0.5) is 0 Å². The van der Waals surface area contributed by atoms with E-state index in [4.69, 9.17) is 4.74 Å². The van der Waals surface area contributed by atoms with Gasteiger partial charge in [0.2, 0.25) is 0 Å². The lowest BCUT2D eigenvalue weighted by atomic mass is 9.81. The fourth-order valence-electron chi connectivity index (χ4n) is 1.89. The fourth-order valence-corrected chi connectivity index (χ4v) is 1.89. The summed E-state index contributed by atoms with van der Waals surface area (Å²) in [7, 11) is 0. The average Bonchev–Trinajstić information content (AvgIpc) is 2.31. The minimum absolute atomic E-state index is 0.205. The molecule has 1 heterocycles. The summed E-state index contributed by atoms with van der Waals surface area (Å²) in [6.07, 6.45) is 2.03. The SMILES string of the molecule is O=C1CC[C@@]2(O)CCO[C@@H]2C1. The van der Waals surface area contributed by atoms with Crippen LogP contribution in [-0.2, 0) is 9.53 Å². The van der Waals surface area contributed by atoms with Gasteiger partial charge in [-0.2, -0.15) is 0 Å². The van der Waals surface area contributed by atoms with Crippen molar-refractivity contribution in [3.63, 3.8) is 0 Å². The Hall–Kier alpha value is -0.410. The van der Waals surface area contributed by atoms with Crippen LogP contribution < -0.4 is 0 Å². The number of rotatable bonds is 0. The summed E-state index contributed by atoms with van der Waals surface area (Å²) in [6, 6.07) is 0. The van der Waals surface area contributed by atoms with Crippen molar-refractivity contribution in [2.45, 2.75) is 37.4 Å². The van der Waals surface area contributed by atoms with E-state index in [0.29, 0.717) is 32.3 Å². The Morgan fingerprint density at radius 3 is 3.18 bits per heavy atom. The van der Waals surface area contributed by atoms with E-state index in [1.54, 1.807) is 0 Å². The zero-order valence-corrected chi connectivity index (χ0v) is 6.38. The maximum absolute atomic E-state index is 11.0. The second-order valence-corrected chi connectivity index (χ2v) is 3.46. The molecule has 1 N–H and O–H groups in total. The topological polar surface area (TPSA) is 46.5 Å². The Morgan fingerprint density at radius 2 is 2.36 bits per heavy atom. The van der Waals surface area contributed by atoms with E-state index in [1.165, 1.54) is 0 Å². The monoisotopic (exact) mass is 156 g/mol. The molecule has 1 saturated carbocycles. The van der Waals surface area contributed by atoms with Gasteiger partial charge in [-0.25, -0.2) is 0 Å². The third-order valence-corrected chi connectivity index (χ3v) is 2.70. The Kier molecular flexibility index (Phi) is 1.51. The lowest BCUT2D eigenvalue weighted by Crippen LogP contribution is -2.43. The van der Waals surface area contributed by atoms with Gasteiger partial charge >= 0.3 is 0 Å². The number of fused-ring (bicyclic) bond motifs is 1. The number of ether oxygens (including phenoxy) is 1. The van der Waals surface area contributed by atoms with Gasteiger partial charge in [0.05, 0.1) is 11.7 Å². The van der Waals surface area contributed by atoms with Gasteiger partial charge in [0.1, 0.15) is 5.78 Å². The summed E-state index contributed by atoms with van der Waals surface area (Å²) in [4.78, 5) is 11.0. The Morgan fingerprint density at radius 1 is 1.55 bits per heavy atom. The number of hydrogen-bond donors (Lipinski definition) is 1. The average molecular weight is 156 g/mol. The first-order valence-electron chi connectivity index (χ1n) is 4.06. The van der Waals surface area contributed by atoms with Gasteiger partial charge in [0, 0.05) is 25.9 Å². The molecule has 2 fully saturated rings. The first-order chi connectivity index (χ1) is 5.21. The van der Waals surface area contributed by atoms with E-state index in [2.05, 4.69) is 0 Å². The first kappa shape index (κ1) is 7.25. The Bertz CT molecular complexity index is 190. The molecule has 62 valence electrons. The molecule has 0 bridgehead atoms. The van der Waals surface area contributed by atoms with Gasteiger partial charge in [0.25, 0.3) is 0 Å². The summed E-state index contributed by atoms with van der Waals surface area (Å²) in [5.74, 6) is 0.224. The minimum Gasteiger partial charge on any atom is -0.387 e. The number of carbonyl (C=O) groups excluding carboxylic acids is 1. The van der Waals surface area contributed by atoms with E-state index in [0.717, 1.165) is 0 Å². The van der Waals surface area contributed by atoms with Crippen LogP contribution in [0.15, 0.2) is 0 Å². The van der Waals surface area contributed by atoms with Crippen LogP contribution in [0, 0.1) is 0 Å². The van der Waals surface area contributed by atoms with Crippen LogP contribution in [0.3, 0.4) is 0 Å². The number of hydrogen-bond acceptors (Lipinski definition) is 3. The Balaban J connectivity index is 2.14. The summed E-state index contributed by atoms with van der Waals surface area (Å²) >= 11 is 0. The van der Waals surface area contributed by atoms with E-state index in [1.807, 2.05) is 0 Å². The summed E-state index contributed by atoms with van der Waals surface area (Å²) in [6.45, 7) is 0.606. The predicted octanol–water partition coefficient (Wildman–Crippen LogP) is 0.259. The summed E-state index contributed by atoms with van der Waals surface area (Å²) in [5.41, 5.74) is -0.673. The lowest BCUT2D eigenvalue weighted by Gasteiger charge is -2.31. The number of aliphatic hydroxyl groups is 1. The van der Waals surface area contributed by atoms with E-state index < -0.39 is 5.60 Å². The van der Waals surface area contributed by atoms with Crippen molar-refractivity contribution in [2.75, 3.05) is 6.61 Å². The molecule has 11 heavy (non-hydrogen) atoms. The van der Waals surface area contributed by atoms with Crippen LogP contribution in [0.5, 0.6) is 0 Å². The van der Waals surface area contributed by atoms with Gasteiger partial charge in [-0.15, -0.1) is 0 Å². The van der Waals surface area contributed by atoms with E-state index in [-0.39, 0.29) is 11.9 Å². The van der Waals surface area contributed by atoms with Crippen LogP contribution in [-0.4, -0.2) is 29.2 Å². The van der Waals surface area contributed by atoms with Crippen molar-refractivity contribution in [2.24, 2.45) is 0 Å². The van der Waals surface area contributed by atoms with Crippen LogP contribution in [0.25, 0.3) is 0 Å². The smallest absolute Gasteiger partial charge is 0.135 e. The number of Topliss-reactive ketones (excluding diaryl/α,β-unsaturated/α-hetero) is 1. The summed E-state index contributed by atoms with van der Waals surface area (Å²) < 4.78 is 5.26. The van der Waals surface area contributed by atoms with Crippen molar-refractivity contribution in [1.82, 2.24) is 0 Å². The molecular formula is C8H12O3. The fraction of sp³-hybridized carbons (Fsp3) is 0.875. The molecule has 0 aromatic carbocycles. The minimum atomic E-state index is -0.673. The summed E-state index contributed by atoms with van der Waals surface area (Å²) in [5, 5.41) is 9.85. The molecule has 2 rings (SSSR count). The largest absolute Gasteiger partial charge is 0.387 e. The second-order valence-electron chi connectivity index (χ2n) is 3.46. The molecule has 1 aliphatic heterocycles. The lowest BCUT2D eigenvalue weighted by molar-refractivity contribution is -0.133. The molecule has 1 saturated heterocycles. The van der Waals surface area contributed by atoms with E-state index in [9.17, 15) is 9.90 Å². The second kappa shape index (κ2) is 2.29. The molecule has 0 radical (unpaired) electrons. The highest BCUT2D eigenvalue weighted by molar-refractivity contribution is 5.80. The molecule has 3 nitrogen and oxygen atoms in total. The number of ketones is 1. The molecule has 0 spiro atoms. The van der Waals surface area contributed by atoms with Gasteiger partial charge < -0.3 is 9.84 Å². The molecule has 0 aromatic rings. The van der Waals surface area contributed by atoms with Crippen molar-refractivity contribution < 1.29 is 14.6 Å². The highest BCUT2D eigenvalue weighted by Crippen LogP contribution is 2.36. The van der Waals surface area contributed by atoms with Crippen molar-refractivity contribution in [1.29, 1.82) is 0 Å².